The van der Waals surface area contributed by atoms with Crippen molar-refractivity contribution in [2.75, 3.05) is 14.2 Å². The van der Waals surface area contributed by atoms with Crippen molar-refractivity contribution in [2.45, 2.75) is 38.8 Å². The highest BCUT2D eigenvalue weighted by molar-refractivity contribution is 6.09. The number of ether oxygens (including phenoxy) is 2. The predicted octanol–water partition coefficient (Wildman–Crippen LogP) is 5.27. The van der Waals surface area contributed by atoms with Crippen LogP contribution in [0.1, 0.15) is 53.8 Å². The second-order valence-electron chi connectivity index (χ2n) is 9.21. The quantitative estimate of drug-likeness (QED) is 0.313. The van der Waals surface area contributed by atoms with Crippen LogP contribution in [-0.4, -0.2) is 45.6 Å². The van der Waals surface area contributed by atoms with Gasteiger partial charge < -0.3 is 9.47 Å². The van der Waals surface area contributed by atoms with E-state index in [2.05, 4.69) is 11.2 Å². The SMILES string of the molecule is CCn1cc([N+](=O)[O-])c(C(=O)N2N=C3/C(=C\c4ccccc4OC)CCCC3C2c2ccccc2OC)n1. The number of para-hydroxylation sites is 2. The van der Waals surface area contributed by atoms with E-state index in [0.29, 0.717) is 12.3 Å². The van der Waals surface area contributed by atoms with Crippen molar-refractivity contribution in [3.8, 4) is 11.5 Å². The molecule has 0 spiro atoms. The van der Waals surface area contributed by atoms with Gasteiger partial charge in [-0.15, -0.1) is 0 Å². The largest absolute Gasteiger partial charge is 0.496 e. The lowest BCUT2D eigenvalue weighted by molar-refractivity contribution is -0.385. The minimum Gasteiger partial charge on any atom is -0.496 e. The molecule has 196 valence electrons. The lowest BCUT2D eigenvalue weighted by Gasteiger charge is -2.30. The first-order valence-electron chi connectivity index (χ1n) is 12.6. The maximum atomic E-state index is 14.0. The molecule has 2 aromatic carbocycles. The molecule has 3 aromatic rings. The first kappa shape index (κ1) is 25.2. The summed E-state index contributed by atoms with van der Waals surface area (Å²) in [4.78, 5) is 25.2. The molecule has 0 radical (unpaired) electrons. The van der Waals surface area contributed by atoms with E-state index in [-0.39, 0.29) is 17.3 Å². The van der Waals surface area contributed by atoms with Gasteiger partial charge in [0, 0.05) is 23.6 Å². The summed E-state index contributed by atoms with van der Waals surface area (Å²) in [6.07, 6.45) is 5.85. The van der Waals surface area contributed by atoms with Crippen LogP contribution in [0.15, 0.2) is 65.4 Å². The summed E-state index contributed by atoms with van der Waals surface area (Å²) in [5, 5.41) is 22.3. The second kappa shape index (κ2) is 10.5. The number of hydrogen-bond acceptors (Lipinski definition) is 7. The van der Waals surface area contributed by atoms with Gasteiger partial charge >= 0.3 is 11.6 Å². The Bertz CT molecular complexity index is 1440. The van der Waals surface area contributed by atoms with Crippen LogP contribution in [0.2, 0.25) is 0 Å². The van der Waals surface area contributed by atoms with E-state index in [4.69, 9.17) is 14.6 Å². The van der Waals surface area contributed by atoms with E-state index in [0.717, 1.165) is 47.4 Å². The maximum Gasteiger partial charge on any atom is 0.320 e. The summed E-state index contributed by atoms with van der Waals surface area (Å²) in [7, 11) is 3.22. The van der Waals surface area contributed by atoms with Gasteiger partial charge in [-0.25, -0.2) is 5.01 Å². The Kier molecular flexibility index (Phi) is 6.95. The normalized spacial score (nSPS) is 19.7. The molecular weight excluding hydrogens is 486 g/mol. The Labute approximate surface area is 220 Å². The molecular formula is C28H29N5O5. The van der Waals surface area contributed by atoms with E-state index in [1.807, 2.05) is 55.5 Å². The number of hydrogen-bond donors (Lipinski definition) is 0. The van der Waals surface area contributed by atoms with Gasteiger partial charge in [-0.1, -0.05) is 36.4 Å². The monoisotopic (exact) mass is 515 g/mol. The molecule has 1 fully saturated rings. The molecule has 1 amide bonds. The average Bonchev–Trinajstić information content (AvgIpc) is 3.56. The number of nitrogens with zero attached hydrogens (tertiary/aromatic N) is 5. The molecule has 2 heterocycles. The molecule has 1 aliphatic carbocycles. The predicted molar refractivity (Wildman–Crippen MR) is 142 cm³/mol. The number of allylic oxidation sites excluding steroid dienone is 1. The first-order valence-corrected chi connectivity index (χ1v) is 12.6. The number of aryl methyl sites for hydroxylation is 1. The molecule has 0 saturated heterocycles. The van der Waals surface area contributed by atoms with Gasteiger partial charge in [-0.05, 0) is 50.0 Å². The number of amides is 1. The van der Waals surface area contributed by atoms with Crippen LogP contribution in [0, 0.1) is 16.0 Å². The summed E-state index contributed by atoms with van der Waals surface area (Å²) < 4.78 is 12.6. The number of benzene rings is 2. The van der Waals surface area contributed by atoms with Crippen molar-refractivity contribution in [3.63, 3.8) is 0 Å². The molecule has 0 N–H and O–H groups in total. The van der Waals surface area contributed by atoms with E-state index >= 15 is 0 Å². The van der Waals surface area contributed by atoms with Crippen molar-refractivity contribution < 1.29 is 19.2 Å². The van der Waals surface area contributed by atoms with E-state index in [1.54, 1.807) is 14.2 Å². The fourth-order valence-electron chi connectivity index (χ4n) is 5.33. The van der Waals surface area contributed by atoms with Gasteiger partial charge in [-0.2, -0.15) is 10.2 Å². The lowest BCUT2D eigenvalue weighted by Crippen LogP contribution is -2.32. The smallest absolute Gasteiger partial charge is 0.320 e. The maximum absolute atomic E-state index is 14.0. The van der Waals surface area contributed by atoms with Gasteiger partial charge in [0.2, 0.25) is 5.69 Å². The highest BCUT2D eigenvalue weighted by Crippen LogP contribution is 2.47. The summed E-state index contributed by atoms with van der Waals surface area (Å²) in [5.74, 6) is 0.646. The number of aromatic nitrogens is 2. The van der Waals surface area contributed by atoms with Crippen LogP contribution in [0.5, 0.6) is 11.5 Å². The number of rotatable bonds is 7. The van der Waals surface area contributed by atoms with Crippen LogP contribution in [0.3, 0.4) is 0 Å². The fraction of sp³-hybridized carbons (Fsp3) is 0.321. The number of fused-ring (bicyclic) bond motifs is 1. The van der Waals surface area contributed by atoms with Crippen molar-refractivity contribution in [1.82, 2.24) is 14.8 Å². The van der Waals surface area contributed by atoms with Crippen LogP contribution in [0.4, 0.5) is 5.69 Å². The van der Waals surface area contributed by atoms with E-state index in [1.165, 1.54) is 15.9 Å². The molecule has 2 unspecified atom stereocenters. The summed E-state index contributed by atoms with van der Waals surface area (Å²) in [6.45, 7) is 2.20. The van der Waals surface area contributed by atoms with Gasteiger partial charge in [0.25, 0.3) is 0 Å². The number of carbonyl (C=O) groups excluding carboxylic acids is 1. The molecule has 0 bridgehead atoms. The Morgan fingerprint density at radius 3 is 2.55 bits per heavy atom. The molecule has 5 rings (SSSR count). The summed E-state index contributed by atoms with van der Waals surface area (Å²) in [5.41, 5.74) is 2.96. The minimum absolute atomic E-state index is 0.114. The third-order valence-electron chi connectivity index (χ3n) is 7.10. The molecule has 10 nitrogen and oxygen atoms in total. The number of carbonyl (C=O) groups is 1. The topological polar surface area (TPSA) is 112 Å². The van der Waals surface area contributed by atoms with E-state index in [9.17, 15) is 14.9 Å². The Hall–Kier alpha value is -4.47. The fourth-order valence-corrected chi connectivity index (χ4v) is 5.33. The molecule has 1 saturated carbocycles. The second-order valence-corrected chi connectivity index (χ2v) is 9.21. The van der Waals surface area contributed by atoms with Gasteiger partial charge in [0.05, 0.1) is 30.9 Å². The van der Waals surface area contributed by atoms with Gasteiger partial charge in [-0.3, -0.25) is 19.6 Å². The van der Waals surface area contributed by atoms with E-state index < -0.39 is 16.9 Å². The third-order valence-corrected chi connectivity index (χ3v) is 7.10. The number of nitro groups is 1. The Morgan fingerprint density at radius 1 is 1.13 bits per heavy atom. The van der Waals surface area contributed by atoms with Gasteiger partial charge in [0.15, 0.2) is 0 Å². The third kappa shape index (κ3) is 4.42. The molecule has 2 aliphatic rings. The summed E-state index contributed by atoms with van der Waals surface area (Å²) >= 11 is 0. The molecule has 1 aromatic heterocycles. The van der Waals surface area contributed by atoms with Crippen molar-refractivity contribution in [3.05, 3.63) is 87.2 Å². The highest BCUT2D eigenvalue weighted by Gasteiger charge is 2.46. The van der Waals surface area contributed by atoms with Crippen LogP contribution < -0.4 is 9.47 Å². The van der Waals surface area contributed by atoms with Crippen LogP contribution in [0.25, 0.3) is 6.08 Å². The number of hydrazone groups is 1. The zero-order valence-electron chi connectivity index (χ0n) is 21.5. The van der Waals surface area contributed by atoms with Crippen molar-refractivity contribution in [2.24, 2.45) is 11.0 Å². The minimum atomic E-state index is -0.613. The molecule has 10 heteroatoms. The molecule has 1 aliphatic heterocycles. The molecule has 2 atom stereocenters. The lowest BCUT2D eigenvalue weighted by atomic mass is 9.77. The Balaban J connectivity index is 1.65. The molecule has 38 heavy (non-hydrogen) atoms. The zero-order valence-corrected chi connectivity index (χ0v) is 21.5. The number of methoxy groups -OCH3 is 2. The standard InChI is InChI=1S/C28H29N5O5/c1-4-31-17-22(33(35)36)26(29-31)28(34)32-27(20-12-6-8-15-24(20)38-3)21-13-9-11-19(25(21)30-32)16-18-10-5-7-14-23(18)37-2/h5-8,10,12,14-17,21,27H,4,9,11,13H2,1-3H3/b19-16-. The van der Waals surface area contributed by atoms with Crippen molar-refractivity contribution >= 4 is 23.4 Å². The first-order chi connectivity index (χ1) is 18.5. The zero-order chi connectivity index (χ0) is 26.8. The van der Waals surface area contributed by atoms with Gasteiger partial charge in [0.1, 0.15) is 17.7 Å². The van der Waals surface area contributed by atoms with Crippen molar-refractivity contribution in [1.29, 1.82) is 0 Å². The average molecular weight is 516 g/mol. The Morgan fingerprint density at radius 2 is 1.84 bits per heavy atom. The summed E-state index contributed by atoms with van der Waals surface area (Å²) in [6, 6.07) is 14.8. The highest BCUT2D eigenvalue weighted by atomic mass is 16.6. The van der Waals surface area contributed by atoms with Crippen LogP contribution >= 0.6 is 0 Å². The van der Waals surface area contributed by atoms with Crippen LogP contribution in [-0.2, 0) is 6.54 Å².